The van der Waals surface area contributed by atoms with Gasteiger partial charge in [-0.25, -0.2) is 0 Å². The standard InChI is InChI=1S/C37H38Cl2O9S2/c1-42-29-12-19(13-30(43-2)35(29)44-3)32-23-15-27-28(47-18-46-27)16-24(23)34(25-17-45-36(41)33(25)32)48-31(40)7-5-4-6-21-10-11-49-37(50-21)22-9-8-20(38)14-26(22)39/h8-9,12-16,21,25,32-34,37H,4-7,10-11,17-18H2,1-3H3/t21?,25-,32+,33-,34-,37?/m0/s1. The second-order valence-corrected chi connectivity index (χ2v) is 16.4. The fourth-order valence-corrected chi connectivity index (χ4v) is 11.6. The van der Waals surface area contributed by atoms with Crippen LogP contribution in [0.2, 0.25) is 10.0 Å². The summed E-state index contributed by atoms with van der Waals surface area (Å²) in [6, 6.07) is 13.2. The number of halogens is 2. The molecule has 2 fully saturated rings. The Balaban J connectivity index is 1.08. The molecule has 0 radical (unpaired) electrons. The molecule has 0 bridgehead atoms. The van der Waals surface area contributed by atoms with E-state index in [4.69, 9.17) is 56.4 Å². The maximum absolute atomic E-state index is 13.5. The maximum atomic E-state index is 13.5. The molecular weight excluding hydrogens is 723 g/mol. The van der Waals surface area contributed by atoms with Crippen LogP contribution in [0, 0.1) is 11.8 Å². The first-order valence-corrected chi connectivity index (χ1v) is 19.4. The van der Waals surface area contributed by atoms with Crippen molar-refractivity contribution in [2.75, 3.05) is 40.5 Å². The van der Waals surface area contributed by atoms with Gasteiger partial charge in [0.15, 0.2) is 23.0 Å². The number of unbranched alkanes of at least 4 members (excludes halogenated alkanes) is 1. The lowest BCUT2D eigenvalue weighted by molar-refractivity contribution is -0.154. The molecule has 266 valence electrons. The zero-order valence-corrected chi connectivity index (χ0v) is 31.1. The average molecular weight is 762 g/mol. The second-order valence-electron chi connectivity index (χ2n) is 12.7. The Labute approximate surface area is 309 Å². The summed E-state index contributed by atoms with van der Waals surface area (Å²) in [5.41, 5.74) is 3.44. The largest absolute Gasteiger partial charge is 0.493 e. The number of esters is 2. The highest BCUT2D eigenvalue weighted by atomic mass is 35.5. The highest BCUT2D eigenvalue weighted by Crippen LogP contribution is 2.57. The molecule has 6 atom stereocenters. The highest BCUT2D eigenvalue weighted by molar-refractivity contribution is 8.17. The first-order chi connectivity index (χ1) is 24.3. The van der Waals surface area contributed by atoms with Crippen molar-refractivity contribution >= 4 is 58.7 Å². The zero-order chi connectivity index (χ0) is 34.9. The van der Waals surface area contributed by atoms with E-state index in [9.17, 15) is 9.59 Å². The molecule has 3 aliphatic heterocycles. The predicted molar refractivity (Wildman–Crippen MR) is 193 cm³/mol. The summed E-state index contributed by atoms with van der Waals surface area (Å²) in [7, 11) is 4.65. The Kier molecular flexibility index (Phi) is 10.8. The summed E-state index contributed by atoms with van der Waals surface area (Å²) in [6.45, 7) is 0.212. The fraction of sp³-hybridized carbons (Fsp3) is 0.459. The Hall–Kier alpha value is -3.12. The molecule has 4 aliphatic rings. The molecule has 3 heterocycles. The number of ether oxygens (including phenoxy) is 7. The molecule has 0 spiro atoms. The third-order valence-electron chi connectivity index (χ3n) is 9.82. The molecule has 3 aromatic rings. The lowest BCUT2D eigenvalue weighted by atomic mass is 9.66. The van der Waals surface area contributed by atoms with Crippen LogP contribution < -0.4 is 23.7 Å². The summed E-state index contributed by atoms with van der Waals surface area (Å²) >= 11 is 16.5. The van der Waals surface area contributed by atoms with Crippen LogP contribution in [-0.2, 0) is 19.1 Å². The number of benzene rings is 3. The van der Waals surface area contributed by atoms with Crippen LogP contribution in [0.25, 0.3) is 0 Å². The monoisotopic (exact) mass is 760 g/mol. The number of hydrogen-bond donors (Lipinski definition) is 0. The zero-order valence-electron chi connectivity index (χ0n) is 27.9. The number of thioether (sulfide) groups is 2. The smallest absolute Gasteiger partial charge is 0.310 e. The minimum absolute atomic E-state index is 0.0812. The quantitative estimate of drug-likeness (QED) is 0.139. The van der Waals surface area contributed by atoms with Crippen molar-refractivity contribution in [3.8, 4) is 28.7 Å². The molecule has 1 aliphatic carbocycles. The predicted octanol–water partition coefficient (Wildman–Crippen LogP) is 8.76. The molecule has 0 saturated carbocycles. The van der Waals surface area contributed by atoms with Crippen LogP contribution in [0.3, 0.4) is 0 Å². The molecular formula is C37H38Cl2O9S2. The third kappa shape index (κ3) is 6.90. The molecule has 0 N–H and O–H groups in total. The van der Waals surface area contributed by atoms with Crippen molar-refractivity contribution in [2.45, 2.75) is 54.0 Å². The third-order valence-corrected chi connectivity index (χ3v) is 13.5. The summed E-state index contributed by atoms with van der Waals surface area (Å²) in [6.07, 6.45) is 3.29. The minimum atomic E-state index is -0.697. The van der Waals surface area contributed by atoms with E-state index in [1.807, 2.05) is 59.9 Å². The van der Waals surface area contributed by atoms with Crippen LogP contribution in [0.15, 0.2) is 42.5 Å². The van der Waals surface area contributed by atoms with Gasteiger partial charge < -0.3 is 33.2 Å². The molecule has 9 nitrogen and oxygen atoms in total. The molecule has 2 saturated heterocycles. The van der Waals surface area contributed by atoms with Gasteiger partial charge in [-0.15, -0.1) is 23.5 Å². The van der Waals surface area contributed by atoms with Gasteiger partial charge in [-0.1, -0.05) is 35.7 Å². The lowest BCUT2D eigenvalue weighted by Gasteiger charge is -2.38. The van der Waals surface area contributed by atoms with Crippen LogP contribution >= 0.6 is 46.7 Å². The lowest BCUT2D eigenvalue weighted by Crippen LogP contribution is -2.36. The van der Waals surface area contributed by atoms with E-state index in [1.54, 1.807) is 27.4 Å². The number of hydrogen-bond acceptors (Lipinski definition) is 11. The summed E-state index contributed by atoms with van der Waals surface area (Å²) in [4.78, 5) is 27.0. The summed E-state index contributed by atoms with van der Waals surface area (Å²) in [5, 5.41) is 1.82. The Morgan fingerprint density at radius 3 is 2.34 bits per heavy atom. The number of rotatable bonds is 11. The molecule has 3 aromatic carbocycles. The van der Waals surface area contributed by atoms with Crippen molar-refractivity contribution in [3.63, 3.8) is 0 Å². The first-order valence-electron chi connectivity index (χ1n) is 16.6. The number of cyclic esters (lactones) is 1. The topological polar surface area (TPSA) is 98.8 Å². The SMILES string of the molecule is COc1cc([C@@H]2c3cc4c(cc3[C@H](OC(=O)CCCCC3CCSC(c5ccc(Cl)cc5Cl)S3)[C@H]3COC(=O)[C@H]23)OCO4)cc(OC)c1OC. The van der Waals surface area contributed by atoms with Crippen molar-refractivity contribution in [2.24, 2.45) is 11.8 Å². The minimum Gasteiger partial charge on any atom is -0.493 e. The van der Waals surface area contributed by atoms with Gasteiger partial charge in [-0.05, 0) is 78.1 Å². The van der Waals surface area contributed by atoms with Gasteiger partial charge in [0.25, 0.3) is 0 Å². The van der Waals surface area contributed by atoms with Crippen LogP contribution in [-0.4, -0.2) is 57.7 Å². The van der Waals surface area contributed by atoms with E-state index in [0.717, 1.165) is 47.3 Å². The van der Waals surface area contributed by atoms with Crippen molar-refractivity contribution in [3.05, 3.63) is 74.8 Å². The van der Waals surface area contributed by atoms with Crippen LogP contribution in [0.1, 0.15) is 71.0 Å². The van der Waals surface area contributed by atoms with E-state index in [1.165, 1.54) is 0 Å². The number of fused-ring (bicyclic) bond motifs is 3. The van der Waals surface area contributed by atoms with Crippen molar-refractivity contribution < 1.29 is 42.7 Å². The van der Waals surface area contributed by atoms with E-state index in [2.05, 4.69) is 0 Å². The Morgan fingerprint density at radius 1 is 0.900 bits per heavy atom. The number of methoxy groups -OCH3 is 3. The molecule has 2 unspecified atom stereocenters. The number of carbonyl (C=O) groups excluding carboxylic acids is 2. The van der Waals surface area contributed by atoms with Crippen LogP contribution in [0.4, 0.5) is 0 Å². The van der Waals surface area contributed by atoms with Gasteiger partial charge >= 0.3 is 11.9 Å². The van der Waals surface area contributed by atoms with E-state index in [-0.39, 0.29) is 36.3 Å². The van der Waals surface area contributed by atoms with E-state index in [0.29, 0.717) is 50.5 Å². The van der Waals surface area contributed by atoms with Gasteiger partial charge in [-0.2, -0.15) is 0 Å². The van der Waals surface area contributed by atoms with Crippen molar-refractivity contribution in [1.82, 2.24) is 0 Å². The second kappa shape index (κ2) is 15.2. The fourth-order valence-electron chi connectivity index (χ4n) is 7.44. The first kappa shape index (κ1) is 35.3. The van der Waals surface area contributed by atoms with Gasteiger partial charge in [0.05, 0.1) is 38.4 Å². The maximum Gasteiger partial charge on any atom is 0.310 e. The summed E-state index contributed by atoms with van der Waals surface area (Å²) < 4.78 is 40.6. The van der Waals surface area contributed by atoms with E-state index < -0.39 is 23.9 Å². The number of carbonyl (C=O) groups is 2. The van der Waals surface area contributed by atoms with Crippen molar-refractivity contribution in [1.29, 1.82) is 0 Å². The molecule has 13 heteroatoms. The summed E-state index contributed by atoms with van der Waals surface area (Å²) in [5.74, 6) is 1.44. The van der Waals surface area contributed by atoms with Gasteiger partial charge in [0.1, 0.15) is 6.10 Å². The molecule has 50 heavy (non-hydrogen) atoms. The molecule has 7 rings (SSSR count). The van der Waals surface area contributed by atoms with Crippen LogP contribution in [0.5, 0.6) is 28.7 Å². The van der Waals surface area contributed by atoms with Gasteiger partial charge in [0, 0.05) is 39.1 Å². The van der Waals surface area contributed by atoms with Gasteiger partial charge in [0.2, 0.25) is 12.5 Å². The van der Waals surface area contributed by atoms with Gasteiger partial charge in [-0.3, -0.25) is 9.59 Å². The highest BCUT2D eigenvalue weighted by Gasteiger charge is 2.54. The average Bonchev–Trinajstić information content (AvgIpc) is 3.74. The normalized spacial score (nSPS) is 24.9. The molecule has 0 amide bonds. The molecule has 0 aromatic heterocycles. The Bertz CT molecular complexity index is 1750. The Morgan fingerprint density at radius 2 is 1.64 bits per heavy atom. The van der Waals surface area contributed by atoms with E-state index >= 15 is 0 Å².